The molecule has 0 amide bonds. The average molecular weight is 270 g/mol. The third-order valence-electron chi connectivity index (χ3n) is 3.59. The molecule has 2 aromatic rings. The van der Waals surface area contributed by atoms with Crippen LogP contribution in [0.1, 0.15) is 31.4 Å². The van der Waals surface area contributed by atoms with E-state index in [1.807, 2.05) is 24.3 Å². The quantitative estimate of drug-likeness (QED) is 0.822. The number of nitrogens with two attached hydrogens (primary N) is 1. The zero-order chi connectivity index (χ0) is 14.2. The summed E-state index contributed by atoms with van der Waals surface area (Å²) in [6, 6.07) is 19.3. The zero-order valence-corrected chi connectivity index (χ0v) is 12.4. The van der Waals surface area contributed by atoms with Gasteiger partial charge in [-0.05, 0) is 31.0 Å². The maximum absolute atomic E-state index is 5.97. The summed E-state index contributed by atoms with van der Waals surface area (Å²) in [4.78, 5) is 0. The fourth-order valence-corrected chi connectivity index (χ4v) is 2.04. The van der Waals surface area contributed by atoms with Crippen molar-refractivity contribution in [1.29, 1.82) is 0 Å². The van der Waals surface area contributed by atoms with E-state index in [2.05, 4.69) is 49.5 Å². The van der Waals surface area contributed by atoms with Crippen molar-refractivity contribution < 1.29 is 10.1 Å². The molecule has 2 aromatic carbocycles. The molecule has 0 radical (unpaired) electrons. The van der Waals surface area contributed by atoms with Gasteiger partial charge in [-0.3, -0.25) is 0 Å². The summed E-state index contributed by atoms with van der Waals surface area (Å²) in [5, 5.41) is 2.37. The van der Waals surface area contributed by atoms with Crippen molar-refractivity contribution in [1.82, 2.24) is 0 Å². The monoisotopic (exact) mass is 270 g/mol. The molecular weight excluding hydrogens is 246 g/mol. The third kappa shape index (κ3) is 4.39. The molecule has 2 N–H and O–H groups in total. The first-order valence-corrected chi connectivity index (χ1v) is 7.37. The molecule has 0 unspecified atom stereocenters. The Balaban J connectivity index is 1.97. The average Bonchev–Trinajstić information content (AvgIpc) is 2.52. The van der Waals surface area contributed by atoms with Gasteiger partial charge in [0.05, 0.1) is 6.04 Å². The minimum Gasteiger partial charge on any atom is -0.488 e. The van der Waals surface area contributed by atoms with Crippen LogP contribution >= 0.6 is 0 Å². The second kappa shape index (κ2) is 7.71. The Labute approximate surface area is 121 Å². The van der Waals surface area contributed by atoms with Gasteiger partial charge < -0.3 is 10.1 Å². The van der Waals surface area contributed by atoms with Crippen LogP contribution < -0.4 is 10.1 Å². The van der Waals surface area contributed by atoms with Crippen LogP contribution in [0, 0.1) is 0 Å². The summed E-state index contributed by atoms with van der Waals surface area (Å²) in [5.41, 5.74) is 2.47. The van der Waals surface area contributed by atoms with Gasteiger partial charge >= 0.3 is 0 Å². The number of quaternary nitrogens is 1. The Morgan fingerprint density at radius 1 is 1.00 bits per heavy atom. The number of hydrogen-bond donors (Lipinski definition) is 1. The van der Waals surface area contributed by atoms with Gasteiger partial charge in [0.25, 0.3) is 0 Å². The van der Waals surface area contributed by atoms with Crippen LogP contribution in [0.2, 0.25) is 0 Å². The molecular formula is C18H24NO+. The molecule has 0 aliphatic rings. The van der Waals surface area contributed by atoms with Crippen molar-refractivity contribution in [3.8, 4) is 5.75 Å². The lowest BCUT2D eigenvalue weighted by Gasteiger charge is -2.13. The highest BCUT2D eigenvalue weighted by atomic mass is 16.5. The van der Waals surface area contributed by atoms with Crippen LogP contribution in [-0.2, 0) is 13.2 Å². The lowest BCUT2D eigenvalue weighted by atomic mass is 10.1. The molecule has 0 aliphatic carbocycles. The van der Waals surface area contributed by atoms with Crippen LogP contribution in [0.3, 0.4) is 0 Å². The molecule has 0 bridgehead atoms. The van der Waals surface area contributed by atoms with Crippen molar-refractivity contribution in [2.75, 3.05) is 0 Å². The standard InChI is InChI=1S/C18H23NO/c1-3-15(2)19-13-17-11-7-8-12-18(17)20-14-16-9-5-4-6-10-16/h4-12,15,19H,3,13-14H2,1-2H3/p+1/t15-/m0/s1. The normalized spacial score (nSPS) is 12.1. The van der Waals surface area contributed by atoms with Crippen molar-refractivity contribution >= 4 is 0 Å². The minimum absolute atomic E-state index is 0.626. The Kier molecular flexibility index (Phi) is 5.63. The third-order valence-corrected chi connectivity index (χ3v) is 3.59. The number of para-hydroxylation sites is 1. The number of benzene rings is 2. The first-order chi connectivity index (χ1) is 9.79. The molecule has 20 heavy (non-hydrogen) atoms. The topological polar surface area (TPSA) is 25.8 Å². The first-order valence-electron chi connectivity index (χ1n) is 7.37. The summed E-state index contributed by atoms with van der Waals surface area (Å²) in [6.07, 6.45) is 1.19. The number of rotatable bonds is 7. The highest BCUT2D eigenvalue weighted by Crippen LogP contribution is 2.18. The summed E-state index contributed by atoms with van der Waals surface area (Å²) in [5.74, 6) is 0.996. The molecule has 0 saturated carbocycles. The first kappa shape index (κ1) is 14.6. The summed E-state index contributed by atoms with van der Waals surface area (Å²) in [6.45, 7) is 6.08. The van der Waals surface area contributed by atoms with Crippen molar-refractivity contribution in [3.63, 3.8) is 0 Å². The van der Waals surface area contributed by atoms with Crippen LogP contribution in [0.4, 0.5) is 0 Å². The van der Waals surface area contributed by atoms with Gasteiger partial charge in [-0.15, -0.1) is 0 Å². The predicted molar refractivity (Wildman–Crippen MR) is 82.6 cm³/mol. The molecule has 0 fully saturated rings. The van der Waals surface area contributed by atoms with E-state index in [9.17, 15) is 0 Å². The van der Waals surface area contributed by atoms with E-state index in [1.54, 1.807) is 0 Å². The highest BCUT2D eigenvalue weighted by Gasteiger charge is 2.07. The number of hydrogen-bond acceptors (Lipinski definition) is 1. The second-order valence-electron chi connectivity index (χ2n) is 5.21. The van der Waals surface area contributed by atoms with Gasteiger partial charge in [0, 0.05) is 5.56 Å². The van der Waals surface area contributed by atoms with Gasteiger partial charge in [0.1, 0.15) is 18.9 Å². The maximum atomic E-state index is 5.97. The van der Waals surface area contributed by atoms with Crippen molar-refractivity contribution in [2.24, 2.45) is 0 Å². The van der Waals surface area contributed by atoms with Gasteiger partial charge in [-0.25, -0.2) is 0 Å². The van der Waals surface area contributed by atoms with Crippen LogP contribution in [0.15, 0.2) is 54.6 Å². The van der Waals surface area contributed by atoms with E-state index in [4.69, 9.17) is 4.74 Å². The maximum Gasteiger partial charge on any atom is 0.128 e. The molecule has 2 rings (SSSR count). The van der Waals surface area contributed by atoms with E-state index >= 15 is 0 Å². The van der Waals surface area contributed by atoms with Crippen LogP contribution in [0.25, 0.3) is 0 Å². The largest absolute Gasteiger partial charge is 0.488 e. The van der Waals surface area contributed by atoms with E-state index < -0.39 is 0 Å². The molecule has 2 nitrogen and oxygen atoms in total. The summed E-state index contributed by atoms with van der Waals surface area (Å²) < 4.78 is 5.97. The van der Waals surface area contributed by atoms with Gasteiger partial charge in [0.2, 0.25) is 0 Å². The Morgan fingerprint density at radius 2 is 1.70 bits per heavy atom. The molecule has 1 atom stereocenters. The van der Waals surface area contributed by atoms with Crippen molar-refractivity contribution in [3.05, 3.63) is 65.7 Å². The lowest BCUT2D eigenvalue weighted by molar-refractivity contribution is -0.701. The fourth-order valence-electron chi connectivity index (χ4n) is 2.04. The molecule has 0 spiro atoms. The molecule has 0 heterocycles. The number of ether oxygens (including phenoxy) is 1. The Hall–Kier alpha value is -1.80. The van der Waals surface area contributed by atoms with E-state index in [1.165, 1.54) is 17.5 Å². The molecule has 106 valence electrons. The minimum atomic E-state index is 0.626. The van der Waals surface area contributed by atoms with Gasteiger partial charge in [0.15, 0.2) is 0 Å². The molecule has 0 aromatic heterocycles. The summed E-state index contributed by atoms with van der Waals surface area (Å²) in [7, 11) is 0. The Bertz CT molecular complexity index is 510. The summed E-state index contributed by atoms with van der Waals surface area (Å²) >= 11 is 0. The predicted octanol–water partition coefficient (Wildman–Crippen LogP) is 3.13. The van der Waals surface area contributed by atoms with E-state index in [-0.39, 0.29) is 0 Å². The Morgan fingerprint density at radius 3 is 2.45 bits per heavy atom. The van der Waals surface area contributed by atoms with Gasteiger partial charge in [-0.1, -0.05) is 49.4 Å². The molecule has 0 aliphatic heterocycles. The van der Waals surface area contributed by atoms with Gasteiger partial charge in [-0.2, -0.15) is 0 Å². The lowest BCUT2D eigenvalue weighted by Crippen LogP contribution is -2.87. The van der Waals surface area contributed by atoms with E-state index in [0.717, 1.165) is 12.3 Å². The highest BCUT2D eigenvalue weighted by molar-refractivity contribution is 5.32. The molecule has 2 heteroatoms. The van der Waals surface area contributed by atoms with Crippen LogP contribution in [-0.4, -0.2) is 6.04 Å². The zero-order valence-electron chi connectivity index (χ0n) is 12.4. The fraction of sp³-hybridized carbons (Fsp3) is 0.333. The van der Waals surface area contributed by atoms with Crippen LogP contribution in [0.5, 0.6) is 5.75 Å². The molecule has 0 saturated heterocycles. The van der Waals surface area contributed by atoms with E-state index in [0.29, 0.717) is 12.6 Å². The SMILES string of the molecule is CC[C@H](C)[NH2+]Cc1ccccc1OCc1ccccc1. The smallest absolute Gasteiger partial charge is 0.128 e. The van der Waals surface area contributed by atoms with Crippen molar-refractivity contribution in [2.45, 2.75) is 39.5 Å². The second-order valence-corrected chi connectivity index (χ2v) is 5.21.